The van der Waals surface area contributed by atoms with Gasteiger partial charge in [-0.25, -0.2) is 0 Å². The number of hydrogen-bond acceptors (Lipinski definition) is 4. The Morgan fingerprint density at radius 1 is 1.48 bits per heavy atom. The van der Waals surface area contributed by atoms with Crippen molar-refractivity contribution in [3.05, 3.63) is 29.3 Å². The second-order valence-corrected chi connectivity index (χ2v) is 5.89. The minimum Gasteiger partial charge on any atom is -0.496 e. The average Bonchev–Trinajstić information content (AvgIpc) is 2.48. The maximum absolute atomic E-state index is 6.41. The van der Waals surface area contributed by atoms with E-state index in [1.54, 1.807) is 7.11 Å². The number of ether oxygens (including phenoxy) is 2. The van der Waals surface area contributed by atoms with Gasteiger partial charge in [-0.05, 0) is 37.9 Å². The molecule has 0 aromatic heterocycles. The third-order valence-corrected chi connectivity index (χ3v) is 4.09. The fourth-order valence-corrected chi connectivity index (χ4v) is 2.96. The van der Waals surface area contributed by atoms with E-state index in [9.17, 15) is 0 Å². The maximum Gasteiger partial charge on any atom is 0.122 e. The molecule has 1 aliphatic rings. The van der Waals surface area contributed by atoms with Crippen molar-refractivity contribution in [2.75, 3.05) is 33.4 Å². The molecule has 21 heavy (non-hydrogen) atoms. The molecule has 2 unspecified atom stereocenters. The van der Waals surface area contributed by atoms with Gasteiger partial charge in [0, 0.05) is 19.1 Å². The Kier molecular flexibility index (Phi) is 6.03. The van der Waals surface area contributed by atoms with Crippen LogP contribution < -0.4 is 10.5 Å². The summed E-state index contributed by atoms with van der Waals surface area (Å²) in [5.41, 5.74) is 8.80. The number of nitrogens with two attached hydrogens (primary N) is 1. The quantitative estimate of drug-likeness (QED) is 0.871. The summed E-state index contributed by atoms with van der Waals surface area (Å²) in [6, 6.07) is 6.24. The lowest BCUT2D eigenvalue weighted by atomic mass is 9.98. The maximum atomic E-state index is 6.41. The zero-order chi connectivity index (χ0) is 15.2. The Balaban J connectivity index is 2.00. The molecule has 0 aliphatic carbocycles. The normalized spacial score (nSPS) is 21.2. The molecule has 0 spiro atoms. The Hall–Kier alpha value is -1.10. The molecule has 2 rings (SSSR count). The van der Waals surface area contributed by atoms with Crippen molar-refractivity contribution >= 4 is 0 Å². The van der Waals surface area contributed by atoms with Gasteiger partial charge in [0.05, 0.1) is 19.8 Å². The van der Waals surface area contributed by atoms with Crippen LogP contribution in [0.3, 0.4) is 0 Å². The minimum absolute atomic E-state index is 0.000330. The first-order chi connectivity index (χ1) is 10.1. The number of benzene rings is 1. The molecule has 2 N–H and O–H groups in total. The molecule has 0 radical (unpaired) electrons. The summed E-state index contributed by atoms with van der Waals surface area (Å²) in [4.78, 5) is 2.45. The Morgan fingerprint density at radius 3 is 3.00 bits per heavy atom. The van der Waals surface area contributed by atoms with Crippen LogP contribution in [0.2, 0.25) is 0 Å². The fourth-order valence-electron chi connectivity index (χ4n) is 2.96. The van der Waals surface area contributed by atoms with E-state index in [1.165, 1.54) is 17.5 Å². The van der Waals surface area contributed by atoms with Gasteiger partial charge >= 0.3 is 0 Å². The molecule has 1 saturated heterocycles. The first-order valence-electron chi connectivity index (χ1n) is 7.87. The summed E-state index contributed by atoms with van der Waals surface area (Å²) < 4.78 is 11.3. The van der Waals surface area contributed by atoms with Crippen LogP contribution in [0, 0.1) is 6.92 Å². The second kappa shape index (κ2) is 7.78. The predicted octanol–water partition coefficient (Wildman–Crippen LogP) is 1.98. The van der Waals surface area contributed by atoms with E-state index in [0.717, 1.165) is 38.4 Å². The highest BCUT2D eigenvalue weighted by Gasteiger charge is 2.26. The predicted molar refractivity (Wildman–Crippen MR) is 85.9 cm³/mol. The lowest BCUT2D eigenvalue weighted by molar-refractivity contribution is -0.0401. The molecule has 4 nitrogen and oxygen atoms in total. The van der Waals surface area contributed by atoms with Crippen molar-refractivity contribution in [1.29, 1.82) is 0 Å². The molecule has 4 heteroatoms. The fraction of sp³-hybridized carbons (Fsp3) is 0.647. The molecule has 1 aromatic carbocycles. The summed E-state index contributed by atoms with van der Waals surface area (Å²) in [5, 5.41) is 0. The molecular formula is C17H28N2O2. The monoisotopic (exact) mass is 292 g/mol. The van der Waals surface area contributed by atoms with Crippen molar-refractivity contribution in [2.45, 2.75) is 38.8 Å². The van der Waals surface area contributed by atoms with Crippen LogP contribution in [0.15, 0.2) is 18.2 Å². The third-order valence-electron chi connectivity index (χ3n) is 4.09. The third kappa shape index (κ3) is 4.43. The van der Waals surface area contributed by atoms with E-state index in [4.69, 9.17) is 15.2 Å². The average molecular weight is 292 g/mol. The van der Waals surface area contributed by atoms with Gasteiger partial charge in [0.25, 0.3) is 0 Å². The first kappa shape index (κ1) is 16.3. The molecule has 1 aromatic rings. The number of methoxy groups -OCH3 is 1. The van der Waals surface area contributed by atoms with Gasteiger partial charge in [-0.15, -0.1) is 0 Å². The van der Waals surface area contributed by atoms with E-state index in [0.29, 0.717) is 0 Å². The van der Waals surface area contributed by atoms with Crippen molar-refractivity contribution < 1.29 is 9.47 Å². The van der Waals surface area contributed by atoms with Gasteiger partial charge in [0.2, 0.25) is 0 Å². The molecule has 1 heterocycles. The standard InChI is InChI=1S/C17H28N2O2/c1-4-7-19-8-9-21-17(12-19)15(18)11-14-10-13(2)5-6-16(14)20-3/h5-6,10,15,17H,4,7-9,11-12,18H2,1-3H3. The highest BCUT2D eigenvalue weighted by Crippen LogP contribution is 2.22. The highest BCUT2D eigenvalue weighted by molar-refractivity contribution is 5.37. The van der Waals surface area contributed by atoms with Gasteiger partial charge < -0.3 is 15.2 Å². The van der Waals surface area contributed by atoms with Gasteiger partial charge in [-0.2, -0.15) is 0 Å². The molecule has 2 atom stereocenters. The number of morpholine rings is 1. The molecule has 0 amide bonds. The molecule has 1 aliphatic heterocycles. The molecular weight excluding hydrogens is 264 g/mol. The summed E-state index contributed by atoms with van der Waals surface area (Å²) in [7, 11) is 1.71. The Labute approximate surface area is 128 Å². The van der Waals surface area contributed by atoms with Gasteiger partial charge in [0.1, 0.15) is 5.75 Å². The van der Waals surface area contributed by atoms with Gasteiger partial charge in [-0.1, -0.05) is 24.6 Å². The number of nitrogens with zero attached hydrogens (tertiary/aromatic N) is 1. The van der Waals surface area contributed by atoms with Crippen molar-refractivity contribution in [1.82, 2.24) is 4.90 Å². The smallest absolute Gasteiger partial charge is 0.122 e. The first-order valence-corrected chi connectivity index (χ1v) is 7.87. The number of aryl methyl sites for hydroxylation is 1. The largest absolute Gasteiger partial charge is 0.496 e. The summed E-state index contributed by atoms with van der Waals surface area (Å²) in [6.07, 6.45) is 2.07. The van der Waals surface area contributed by atoms with Crippen molar-refractivity contribution in [3.8, 4) is 5.75 Å². The number of hydrogen-bond donors (Lipinski definition) is 1. The minimum atomic E-state index is 0.000330. The molecule has 0 bridgehead atoms. The van der Waals surface area contributed by atoms with Gasteiger partial charge in [0.15, 0.2) is 0 Å². The van der Waals surface area contributed by atoms with E-state index in [2.05, 4.69) is 30.9 Å². The van der Waals surface area contributed by atoms with E-state index >= 15 is 0 Å². The summed E-state index contributed by atoms with van der Waals surface area (Å²) in [6.45, 7) is 8.16. The van der Waals surface area contributed by atoms with Crippen LogP contribution in [-0.2, 0) is 11.2 Å². The van der Waals surface area contributed by atoms with Crippen molar-refractivity contribution in [2.24, 2.45) is 5.73 Å². The Morgan fingerprint density at radius 2 is 2.29 bits per heavy atom. The second-order valence-electron chi connectivity index (χ2n) is 5.89. The van der Waals surface area contributed by atoms with Crippen LogP contribution >= 0.6 is 0 Å². The lowest BCUT2D eigenvalue weighted by Crippen LogP contribution is -2.51. The Bertz CT molecular complexity index is 448. The van der Waals surface area contributed by atoms with Gasteiger partial charge in [-0.3, -0.25) is 4.90 Å². The van der Waals surface area contributed by atoms with E-state index < -0.39 is 0 Å². The number of rotatable bonds is 6. The molecule has 0 saturated carbocycles. The van der Waals surface area contributed by atoms with E-state index in [1.807, 2.05) is 6.07 Å². The SMILES string of the molecule is CCCN1CCOC(C(N)Cc2cc(C)ccc2OC)C1. The molecule has 118 valence electrons. The zero-order valence-electron chi connectivity index (χ0n) is 13.5. The summed E-state index contributed by atoms with van der Waals surface area (Å²) >= 11 is 0. The zero-order valence-corrected chi connectivity index (χ0v) is 13.5. The van der Waals surface area contributed by atoms with Crippen LogP contribution in [0.1, 0.15) is 24.5 Å². The van der Waals surface area contributed by atoms with Crippen LogP contribution in [-0.4, -0.2) is 50.4 Å². The van der Waals surface area contributed by atoms with E-state index in [-0.39, 0.29) is 12.1 Å². The van der Waals surface area contributed by atoms with Crippen LogP contribution in [0.4, 0.5) is 0 Å². The topological polar surface area (TPSA) is 47.7 Å². The van der Waals surface area contributed by atoms with Crippen LogP contribution in [0.5, 0.6) is 5.75 Å². The lowest BCUT2D eigenvalue weighted by Gasteiger charge is -2.35. The molecule has 1 fully saturated rings. The van der Waals surface area contributed by atoms with Crippen molar-refractivity contribution in [3.63, 3.8) is 0 Å². The van der Waals surface area contributed by atoms with Crippen LogP contribution in [0.25, 0.3) is 0 Å². The highest BCUT2D eigenvalue weighted by atomic mass is 16.5. The summed E-state index contributed by atoms with van der Waals surface area (Å²) in [5.74, 6) is 0.914.